The lowest BCUT2D eigenvalue weighted by Crippen LogP contribution is -2.54. The lowest BCUT2D eigenvalue weighted by atomic mass is 9.76. The van der Waals surface area contributed by atoms with E-state index in [0.717, 1.165) is 17.5 Å². The molecule has 5 N–H and O–H groups in total. The number of nitrogens with one attached hydrogen (secondary N) is 3. The van der Waals surface area contributed by atoms with Crippen molar-refractivity contribution >= 4 is 41.2 Å². The molecule has 1 heterocycles. The van der Waals surface area contributed by atoms with Crippen molar-refractivity contribution in [3.8, 4) is 0 Å². The number of hydrogen-bond donors (Lipinski definition) is 4. The number of carbonyl (C=O) groups excluding carboxylic acids is 5. The highest BCUT2D eigenvalue weighted by Gasteiger charge is 2.38. The third kappa shape index (κ3) is 8.55. The van der Waals surface area contributed by atoms with Gasteiger partial charge in [-0.05, 0) is 42.5 Å². The van der Waals surface area contributed by atoms with Crippen molar-refractivity contribution in [2.45, 2.75) is 76.5 Å². The highest BCUT2D eigenvalue weighted by atomic mass is 35.5. The van der Waals surface area contributed by atoms with E-state index in [2.05, 4.69) is 16.0 Å². The number of alkyl carbamates (subject to hydrolysis) is 1. The van der Waals surface area contributed by atoms with Crippen LogP contribution in [-0.4, -0.2) is 48.2 Å². The second-order valence-corrected chi connectivity index (χ2v) is 11.5. The molecule has 0 radical (unpaired) electrons. The van der Waals surface area contributed by atoms with Crippen molar-refractivity contribution in [1.82, 2.24) is 16.0 Å². The molecular weight excluding hydrogens is 560 g/mol. The van der Waals surface area contributed by atoms with Crippen LogP contribution in [0.2, 0.25) is 5.02 Å². The molecule has 4 atom stereocenters. The summed E-state index contributed by atoms with van der Waals surface area (Å²) in [4.78, 5) is 63.1. The van der Waals surface area contributed by atoms with E-state index in [1.165, 1.54) is 0 Å². The molecule has 2 aromatic rings. The van der Waals surface area contributed by atoms with Crippen LogP contribution in [0.4, 0.5) is 4.79 Å². The molecule has 10 nitrogen and oxygen atoms in total. The summed E-state index contributed by atoms with van der Waals surface area (Å²) in [6.07, 6.45) is 0.389. The summed E-state index contributed by atoms with van der Waals surface area (Å²) in [6.45, 7) is 6.24. The van der Waals surface area contributed by atoms with Crippen LogP contribution in [0.3, 0.4) is 0 Å². The summed E-state index contributed by atoms with van der Waals surface area (Å²) in [6, 6.07) is 14.2. The molecule has 0 aliphatic carbocycles. The predicted molar refractivity (Wildman–Crippen MR) is 158 cm³/mol. The first-order valence-corrected chi connectivity index (χ1v) is 14.5. The van der Waals surface area contributed by atoms with Crippen molar-refractivity contribution in [3.05, 3.63) is 70.7 Å². The van der Waals surface area contributed by atoms with Crippen LogP contribution in [0.15, 0.2) is 54.6 Å². The predicted octanol–water partition coefficient (Wildman–Crippen LogP) is 3.71. The van der Waals surface area contributed by atoms with Gasteiger partial charge in [-0.25, -0.2) is 4.79 Å². The van der Waals surface area contributed by atoms with Crippen molar-refractivity contribution in [3.63, 3.8) is 0 Å². The van der Waals surface area contributed by atoms with Crippen LogP contribution in [0.1, 0.15) is 70.1 Å². The topological polar surface area (TPSA) is 157 Å². The minimum absolute atomic E-state index is 0.0752. The number of benzene rings is 2. The van der Waals surface area contributed by atoms with Crippen LogP contribution < -0.4 is 21.7 Å². The van der Waals surface area contributed by atoms with Crippen molar-refractivity contribution in [2.24, 2.45) is 11.7 Å². The molecule has 1 aliphatic rings. The van der Waals surface area contributed by atoms with E-state index in [0.29, 0.717) is 24.4 Å². The maximum atomic E-state index is 13.4. The number of nitrogens with two attached hydrogens (primary N) is 1. The van der Waals surface area contributed by atoms with Crippen LogP contribution >= 0.6 is 11.6 Å². The molecule has 42 heavy (non-hydrogen) atoms. The Morgan fingerprint density at radius 1 is 1.07 bits per heavy atom. The number of halogens is 1. The molecule has 11 heteroatoms. The van der Waals surface area contributed by atoms with Crippen molar-refractivity contribution in [1.29, 1.82) is 0 Å². The third-order valence-electron chi connectivity index (χ3n) is 7.57. The van der Waals surface area contributed by atoms with E-state index < -0.39 is 53.2 Å². The molecule has 2 aromatic carbocycles. The largest absolute Gasteiger partial charge is 0.440 e. The van der Waals surface area contributed by atoms with Gasteiger partial charge in [0, 0.05) is 22.9 Å². The van der Waals surface area contributed by atoms with Crippen molar-refractivity contribution in [2.75, 3.05) is 6.54 Å². The first kappa shape index (κ1) is 32.6. The Balaban J connectivity index is 1.82. The number of amides is 4. The Kier molecular flexibility index (Phi) is 11.5. The van der Waals surface area contributed by atoms with Gasteiger partial charge in [-0.1, -0.05) is 87.7 Å². The van der Waals surface area contributed by atoms with Gasteiger partial charge in [-0.2, -0.15) is 0 Å². The van der Waals surface area contributed by atoms with Crippen LogP contribution in [0.25, 0.3) is 0 Å². The van der Waals surface area contributed by atoms with Gasteiger partial charge in [-0.3, -0.25) is 19.2 Å². The number of hydrogen-bond acceptors (Lipinski definition) is 6. The zero-order chi connectivity index (χ0) is 30.9. The highest BCUT2D eigenvalue weighted by Crippen LogP contribution is 2.40. The van der Waals surface area contributed by atoms with Gasteiger partial charge >= 0.3 is 6.09 Å². The Hall–Kier alpha value is -3.92. The average Bonchev–Trinajstić information content (AvgIpc) is 3.37. The van der Waals surface area contributed by atoms with Gasteiger partial charge < -0.3 is 26.4 Å². The quantitative estimate of drug-likeness (QED) is 0.243. The highest BCUT2D eigenvalue weighted by molar-refractivity contribution is 6.38. The van der Waals surface area contributed by atoms with Crippen LogP contribution in [0.5, 0.6) is 0 Å². The molecule has 226 valence electrons. The summed E-state index contributed by atoms with van der Waals surface area (Å²) in [5.74, 6) is -3.71. The standard InChI is InChI=1S/C31H39ClN4O6/c1-4-5-14-23(29(40)35-24(25(37)27(33)38)17-20-15-16-34-28(20)39)36-30(41)42-26(19-10-7-6-8-11-19)31(2,3)21-12-9-13-22(32)18-21/h6-13,18,20,23-24,26H,4-5,14-17H2,1-3H3,(H2,33,38)(H,34,39)(H,35,40)(H,36,41)/t20-,23?,24?,26?/m0/s1. The van der Waals surface area contributed by atoms with E-state index in [-0.39, 0.29) is 18.7 Å². The number of ketones is 1. The maximum absolute atomic E-state index is 13.4. The molecule has 0 saturated carbocycles. The molecule has 1 saturated heterocycles. The summed E-state index contributed by atoms with van der Waals surface area (Å²) in [7, 11) is 0. The van der Waals surface area contributed by atoms with Gasteiger partial charge in [-0.15, -0.1) is 0 Å². The Morgan fingerprint density at radius 2 is 1.79 bits per heavy atom. The summed E-state index contributed by atoms with van der Waals surface area (Å²) in [5.41, 5.74) is 6.10. The molecule has 4 amide bonds. The molecule has 0 aromatic heterocycles. The zero-order valence-electron chi connectivity index (χ0n) is 24.2. The van der Waals surface area contributed by atoms with Crippen molar-refractivity contribution < 1.29 is 28.7 Å². The van der Waals surface area contributed by atoms with Gasteiger partial charge in [0.25, 0.3) is 5.91 Å². The van der Waals surface area contributed by atoms with Gasteiger partial charge in [0.05, 0.1) is 6.04 Å². The molecule has 3 unspecified atom stereocenters. The first-order chi connectivity index (χ1) is 19.9. The zero-order valence-corrected chi connectivity index (χ0v) is 24.9. The molecular formula is C31H39ClN4O6. The van der Waals surface area contributed by atoms with E-state index in [1.807, 2.05) is 69.3 Å². The number of primary amides is 1. The third-order valence-corrected chi connectivity index (χ3v) is 7.80. The fourth-order valence-electron chi connectivity index (χ4n) is 5.09. The normalized spacial score (nSPS) is 17.0. The summed E-state index contributed by atoms with van der Waals surface area (Å²) < 4.78 is 6.00. The summed E-state index contributed by atoms with van der Waals surface area (Å²) >= 11 is 6.26. The maximum Gasteiger partial charge on any atom is 0.408 e. The minimum Gasteiger partial charge on any atom is -0.440 e. The van der Waals surface area contributed by atoms with Crippen LogP contribution in [0, 0.1) is 5.92 Å². The number of Topliss-reactive ketones (excluding diaryl/α,β-unsaturated/α-hetero) is 1. The first-order valence-electron chi connectivity index (χ1n) is 14.1. The van der Waals surface area contributed by atoms with Gasteiger partial charge in [0.2, 0.25) is 17.6 Å². The average molecular weight is 599 g/mol. The summed E-state index contributed by atoms with van der Waals surface area (Å²) in [5, 5.41) is 8.43. The van der Waals surface area contributed by atoms with E-state index >= 15 is 0 Å². The lowest BCUT2D eigenvalue weighted by molar-refractivity contribution is -0.139. The molecule has 0 bridgehead atoms. The fraction of sp³-hybridized carbons (Fsp3) is 0.452. The number of unbranched alkanes of at least 4 members (excludes halogenated alkanes) is 1. The smallest absolute Gasteiger partial charge is 0.408 e. The Labute approximate surface area is 251 Å². The SMILES string of the molecule is CCCCC(NC(=O)OC(c1ccccc1)C(C)(C)c1cccc(Cl)c1)C(=O)NC(C[C@@H]1CCNC1=O)C(=O)C(N)=O. The number of rotatable bonds is 14. The minimum atomic E-state index is -1.30. The van der Waals surface area contributed by atoms with Gasteiger partial charge in [0.15, 0.2) is 0 Å². The lowest BCUT2D eigenvalue weighted by Gasteiger charge is -2.35. The van der Waals surface area contributed by atoms with E-state index in [1.54, 1.807) is 6.07 Å². The second kappa shape index (κ2) is 14.8. The molecule has 1 aliphatic heterocycles. The van der Waals surface area contributed by atoms with E-state index in [4.69, 9.17) is 22.1 Å². The monoisotopic (exact) mass is 598 g/mol. The second-order valence-electron chi connectivity index (χ2n) is 11.1. The number of ether oxygens (including phenoxy) is 1. The Bertz CT molecular complexity index is 1290. The molecule has 1 fully saturated rings. The molecule has 3 rings (SSSR count). The Morgan fingerprint density at radius 3 is 2.38 bits per heavy atom. The van der Waals surface area contributed by atoms with Crippen LogP contribution in [-0.2, 0) is 29.3 Å². The fourth-order valence-corrected chi connectivity index (χ4v) is 5.28. The van der Waals surface area contributed by atoms with Gasteiger partial charge in [0.1, 0.15) is 12.1 Å². The number of carbonyl (C=O) groups is 5. The molecule has 0 spiro atoms. The van der Waals surface area contributed by atoms with E-state index in [9.17, 15) is 24.0 Å².